The lowest BCUT2D eigenvalue weighted by Gasteiger charge is -2.59. The van der Waals surface area contributed by atoms with E-state index < -0.39 is 68.0 Å². The van der Waals surface area contributed by atoms with Gasteiger partial charge in [0.15, 0.2) is 12.6 Å². The molecule has 0 amide bonds. The predicted molar refractivity (Wildman–Crippen MR) is 184 cm³/mol. The van der Waals surface area contributed by atoms with Gasteiger partial charge in [-0.25, -0.2) is 0 Å². The molecule has 0 unspecified atom stereocenters. The van der Waals surface area contributed by atoms with Crippen molar-refractivity contribution in [2.45, 2.75) is 172 Å². The number of hydrogen-bond donors (Lipinski definition) is 7. The van der Waals surface area contributed by atoms with E-state index in [9.17, 15) is 30.6 Å². The summed E-state index contributed by atoms with van der Waals surface area (Å²) in [6, 6.07) is 0. The van der Waals surface area contributed by atoms with Crippen molar-refractivity contribution < 1.29 is 54.3 Å². The molecule has 3 saturated carbocycles. The molecule has 4 aliphatic heterocycles. The highest BCUT2D eigenvalue weighted by molar-refractivity contribution is 5.26. The van der Waals surface area contributed by atoms with Gasteiger partial charge in [0.2, 0.25) is 0 Å². The molecule has 290 valence electrons. The summed E-state index contributed by atoms with van der Waals surface area (Å²) in [5.74, 6) is 3.82. The monoisotopic (exact) mass is 721 g/mol. The van der Waals surface area contributed by atoms with E-state index in [-0.39, 0.29) is 17.2 Å². The maximum Gasteiger partial charge on any atom is 0.189 e. The van der Waals surface area contributed by atoms with Gasteiger partial charge in [0.05, 0.1) is 24.9 Å². The zero-order chi connectivity index (χ0) is 36.2. The molecule has 12 nitrogen and oxygen atoms in total. The average molecular weight is 722 g/mol. The Bertz CT molecular complexity index is 1310. The smallest absolute Gasteiger partial charge is 0.189 e. The number of nitrogens with one attached hydrogen (secondary N) is 1. The van der Waals surface area contributed by atoms with Crippen LogP contribution in [0.15, 0.2) is 11.6 Å². The molecule has 0 bridgehead atoms. The van der Waals surface area contributed by atoms with Gasteiger partial charge in [-0.15, -0.1) is 0 Å². The summed E-state index contributed by atoms with van der Waals surface area (Å²) in [7, 11) is 0. The molecule has 4 heterocycles. The molecule has 8 aliphatic rings. The highest BCUT2D eigenvalue weighted by Gasteiger charge is 2.68. The van der Waals surface area contributed by atoms with Crippen LogP contribution in [0.5, 0.6) is 0 Å². The number of aliphatic hydroxyl groups excluding tert-OH is 6. The minimum Gasteiger partial charge on any atom is -0.394 e. The Balaban J connectivity index is 0.904. The summed E-state index contributed by atoms with van der Waals surface area (Å²) < 4.78 is 30.7. The zero-order valence-electron chi connectivity index (χ0n) is 31.0. The van der Waals surface area contributed by atoms with Crippen LogP contribution < -0.4 is 5.32 Å². The highest BCUT2D eigenvalue weighted by Crippen LogP contribution is 2.70. The Hall–Kier alpha value is -0.740. The number of rotatable bonds is 5. The molecule has 12 heteroatoms. The molecule has 0 radical (unpaired) electrons. The van der Waals surface area contributed by atoms with E-state index in [4.69, 9.17) is 23.7 Å². The third-order valence-electron chi connectivity index (χ3n) is 15.8. The molecule has 7 N–H and O–H groups in total. The van der Waals surface area contributed by atoms with Crippen LogP contribution in [0.4, 0.5) is 0 Å². The molecule has 0 aromatic heterocycles. The quantitative estimate of drug-likeness (QED) is 0.206. The van der Waals surface area contributed by atoms with E-state index in [0.717, 1.165) is 38.6 Å². The van der Waals surface area contributed by atoms with Gasteiger partial charge in [-0.05, 0) is 105 Å². The van der Waals surface area contributed by atoms with Crippen LogP contribution in [-0.2, 0) is 23.7 Å². The third kappa shape index (κ3) is 5.84. The first kappa shape index (κ1) is 37.2. The SMILES string of the molecule is C[C@@H]1CC[C@@]2(NC1)O[C@H]1C[C@H]3[C@@H]4CC=C5C[C@@H](O[C@@H]6[C@@H](O)[C@@H](O)[C@@H](O[C@@H]7O[C@H](CO)[C@@H](O)[C@H](O)[C@H]7O)O[C@H]6C)CC[C@]5(C)[C@H]4CC[C@]3(C)[C@H]1[C@@H]2C. The van der Waals surface area contributed by atoms with E-state index in [1.807, 2.05) is 0 Å². The van der Waals surface area contributed by atoms with Crippen molar-refractivity contribution in [2.75, 3.05) is 13.2 Å². The second-order valence-electron chi connectivity index (χ2n) is 18.4. The molecule has 4 saturated heterocycles. The molecule has 7 fully saturated rings. The molecule has 0 aromatic carbocycles. The first-order chi connectivity index (χ1) is 24.2. The van der Waals surface area contributed by atoms with Crippen LogP contribution in [0, 0.1) is 46.3 Å². The van der Waals surface area contributed by atoms with Gasteiger partial charge in [-0.1, -0.05) is 39.3 Å². The van der Waals surface area contributed by atoms with Crippen molar-refractivity contribution >= 4 is 0 Å². The number of allylic oxidation sites excluding steroid dienone is 1. The topological polar surface area (TPSA) is 180 Å². The second kappa shape index (κ2) is 13.5. The normalized spacial score (nSPS) is 58.4. The lowest BCUT2D eigenvalue weighted by molar-refractivity contribution is -0.377. The Kier molecular flexibility index (Phi) is 9.83. The maximum absolute atomic E-state index is 11.2. The summed E-state index contributed by atoms with van der Waals surface area (Å²) in [6.45, 7) is 12.1. The Morgan fingerprint density at radius 3 is 2.31 bits per heavy atom. The van der Waals surface area contributed by atoms with E-state index in [0.29, 0.717) is 47.0 Å². The van der Waals surface area contributed by atoms with Crippen LogP contribution in [0.1, 0.15) is 92.4 Å². The van der Waals surface area contributed by atoms with E-state index in [1.54, 1.807) is 6.92 Å². The van der Waals surface area contributed by atoms with Gasteiger partial charge in [0, 0.05) is 12.5 Å². The minimum atomic E-state index is -1.65. The van der Waals surface area contributed by atoms with E-state index >= 15 is 0 Å². The van der Waals surface area contributed by atoms with Crippen LogP contribution in [0.25, 0.3) is 0 Å². The molecule has 51 heavy (non-hydrogen) atoms. The molecular weight excluding hydrogens is 658 g/mol. The first-order valence-corrected chi connectivity index (χ1v) is 20.0. The van der Waals surface area contributed by atoms with Crippen molar-refractivity contribution in [2.24, 2.45) is 46.3 Å². The Labute approximate surface area is 302 Å². The maximum atomic E-state index is 11.2. The molecule has 1 spiro atoms. The fourth-order valence-corrected chi connectivity index (χ4v) is 12.8. The van der Waals surface area contributed by atoms with Crippen molar-refractivity contribution in [3.05, 3.63) is 11.6 Å². The lowest BCUT2D eigenvalue weighted by Crippen LogP contribution is -2.63. The van der Waals surface area contributed by atoms with Gasteiger partial charge in [-0.3, -0.25) is 5.32 Å². The summed E-state index contributed by atoms with van der Waals surface area (Å²) in [5.41, 5.74) is 1.75. The number of hydrogen-bond acceptors (Lipinski definition) is 12. The second-order valence-corrected chi connectivity index (χ2v) is 18.4. The van der Waals surface area contributed by atoms with Crippen LogP contribution in [0.3, 0.4) is 0 Å². The lowest BCUT2D eigenvalue weighted by atomic mass is 9.47. The summed E-state index contributed by atoms with van der Waals surface area (Å²) in [6.07, 6.45) is -0.668. The first-order valence-electron chi connectivity index (χ1n) is 20.0. The molecule has 4 aliphatic carbocycles. The number of aliphatic hydroxyl groups is 6. The largest absolute Gasteiger partial charge is 0.394 e. The van der Waals surface area contributed by atoms with Crippen LogP contribution in [-0.4, -0.2) is 123 Å². The standard InChI is InChI=1S/C39H63NO11/c1-18-8-13-39(40-16-18)19(2)28-26(51-39)15-25-23-7-6-21-14-22(9-11-37(21,4)24(23)10-12-38(25,28)5)48-34-20(3)47-35(33(46)31(34)44)50-36-32(45)30(43)29(42)27(17-41)49-36/h6,18-20,22-36,40-46H,7-17H2,1-5H3/t18-,19+,20+,22+,23-,24+,25+,26+,27-,28+,29-,30+,31+,32-,33-,34+,35-,36+,37+,38+,39-/m1/s1. The fraction of sp³-hybridized carbons (Fsp3) is 0.949. The van der Waals surface area contributed by atoms with Crippen molar-refractivity contribution in [1.29, 1.82) is 0 Å². The molecule has 21 atom stereocenters. The van der Waals surface area contributed by atoms with Gasteiger partial charge in [0.25, 0.3) is 0 Å². The molecular formula is C39H63NO11. The summed E-state index contributed by atoms with van der Waals surface area (Å²) >= 11 is 0. The van der Waals surface area contributed by atoms with Crippen LogP contribution >= 0.6 is 0 Å². The minimum absolute atomic E-state index is 0.119. The van der Waals surface area contributed by atoms with Gasteiger partial charge >= 0.3 is 0 Å². The van der Waals surface area contributed by atoms with Crippen molar-refractivity contribution in [3.8, 4) is 0 Å². The van der Waals surface area contributed by atoms with E-state index in [2.05, 4.69) is 39.1 Å². The van der Waals surface area contributed by atoms with Gasteiger partial charge in [-0.2, -0.15) is 0 Å². The number of ether oxygens (including phenoxy) is 5. The van der Waals surface area contributed by atoms with Gasteiger partial charge in [0.1, 0.15) is 48.5 Å². The molecule has 0 aromatic rings. The highest BCUT2D eigenvalue weighted by atomic mass is 16.8. The molecule has 8 rings (SSSR count). The van der Waals surface area contributed by atoms with E-state index in [1.165, 1.54) is 31.3 Å². The summed E-state index contributed by atoms with van der Waals surface area (Å²) in [5, 5.41) is 66.3. The fourth-order valence-electron chi connectivity index (χ4n) is 12.8. The number of piperidine rings is 1. The Morgan fingerprint density at radius 1 is 0.843 bits per heavy atom. The van der Waals surface area contributed by atoms with Crippen molar-refractivity contribution in [1.82, 2.24) is 5.32 Å². The predicted octanol–water partition coefficient (Wildman–Crippen LogP) is 1.96. The summed E-state index contributed by atoms with van der Waals surface area (Å²) in [4.78, 5) is 0. The van der Waals surface area contributed by atoms with Gasteiger partial charge < -0.3 is 54.3 Å². The third-order valence-corrected chi connectivity index (χ3v) is 15.8. The average Bonchev–Trinajstić information content (AvgIpc) is 3.56. The Morgan fingerprint density at radius 2 is 1.59 bits per heavy atom. The number of fused-ring (bicyclic) bond motifs is 7. The zero-order valence-corrected chi connectivity index (χ0v) is 31.0. The van der Waals surface area contributed by atoms with Crippen molar-refractivity contribution in [3.63, 3.8) is 0 Å². The van der Waals surface area contributed by atoms with Crippen LogP contribution in [0.2, 0.25) is 0 Å².